The highest BCUT2D eigenvalue weighted by Gasteiger charge is 2.30. The average molecular weight is 534 g/mol. The Labute approximate surface area is 246 Å². The van der Waals surface area contributed by atoms with Crippen molar-refractivity contribution in [2.75, 3.05) is 0 Å². The summed E-state index contributed by atoms with van der Waals surface area (Å²) < 4.78 is 0. The third kappa shape index (κ3) is 7.66. The van der Waals surface area contributed by atoms with Crippen molar-refractivity contribution in [3.8, 4) is 18.4 Å². The van der Waals surface area contributed by atoms with Crippen LogP contribution in [0.4, 0.5) is 0 Å². The first-order chi connectivity index (χ1) is 20.1. The van der Waals surface area contributed by atoms with E-state index in [1.165, 1.54) is 59.1 Å². The highest BCUT2D eigenvalue weighted by atomic mass is 14.3. The smallest absolute Gasteiger partial charge is 0.0991 e. The maximum Gasteiger partial charge on any atom is 0.0991 e. The predicted octanol–water partition coefficient (Wildman–Crippen LogP) is 9.45. The Bertz CT molecular complexity index is 1490. The van der Waals surface area contributed by atoms with Crippen molar-refractivity contribution in [2.24, 2.45) is 11.8 Å². The lowest BCUT2D eigenvalue weighted by molar-refractivity contribution is 0.252. The highest BCUT2D eigenvalue weighted by molar-refractivity contribution is 5.37. The molecule has 0 amide bonds. The summed E-state index contributed by atoms with van der Waals surface area (Å²) in [6.45, 7) is 4.69. The van der Waals surface area contributed by atoms with Gasteiger partial charge in [0.2, 0.25) is 0 Å². The van der Waals surface area contributed by atoms with Gasteiger partial charge in [-0.25, -0.2) is 0 Å². The molecular formula is C40H39N. The lowest BCUT2D eigenvalue weighted by Gasteiger charge is -2.35. The lowest BCUT2D eigenvalue weighted by Crippen LogP contribution is -2.23. The van der Waals surface area contributed by atoms with Gasteiger partial charge in [0.1, 0.15) is 0 Å². The molecule has 1 heteroatoms. The van der Waals surface area contributed by atoms with Crippen LogP contribution in [-0.4, -0.2) is 0 Å². The molecule has 0 N–H and O–H groups in total. The summed E-state index contributed by atoms with van der Waals surface area (Å²) in [6, 6.07) is 38.7. The van der Waals surface area contributed by atoms with Crippen molar-refractivity contribution in [2.45, 2.75) is 57.3 Å². The van der Waals surface area contributed by atoms with Gasteiger partial charge in [0.05, 0.1) is 11.6 Å². The molecule has 5 rings (SSSR count). The molecule has 4 aromatic carbocycles. The Morgan fingerprint density at radius 1 is 0.732 bits per heavy atom. The molecule has 1 nitrogen and oxygen atoms in total. The van der Waals surface area contributed by atoms with E-state index in [9.17, 15) is 0 Å². The molecule has 0 heterocycles. The predicted molar refractivity (Wildman–Crippen MR) is 171 cm³/mol. The van der Waals surface area contributed by atoms with E-state index in [1.807, 2.05) is 12.1 Å². The van der Waals surface area contributed by atoms with Crippen LogP contribution in [0.25, 0.3) is 0 Å². The summed E-state index contributed by atoms with van der Waals surface area (Å²) >= 11 is 0. The number of hydrogen-bond donors (Lipinski definition) is 0. The second kappa shape index (κ2) is 13.8. The van der Waals surface area contributed by atoms with Gasteiger partial charge in [0, 0.05) is 11.5 Å². The number of rotatable bonds is 10. The van der Waals surface area contributed by atoms with Crippen LogP contribution in [0.5, 0.6) is 0 Å². The van der Waals surface area contributed by atoms with Crippen LogP contribution in [0, 0.1) is 35.5 Å². The van der Waals surface area contributed by atoms with Crippen LogP contribution in [0.1, 0.15) is 77.0 Å². The molecule has 41 heavy (non-hydrogen) atoms. The van der Waals surface area contributed by atoms with Crippen molar-refractivity contribution >= 4 is 0 Å². The highest BCUT2D eigenvalue weighted by Crippen LogP contribution is 2.43. The first kappa shape index (κ1) is 28.2. The number of aryl methyl sites for hydroxylation is 1. The van der Waals surface area contributed by atoms with E-state index in [0.29, 0.717) is 17.4 Å². The van der Waals surface area contributed by atoms with Gasteiger partial charge < -0.3 is 0 Å². The van der Waals surface area contributed by atoms with Gasteiger partial charge in [0.25, 0.3) is 0 Å². The van der Waals surface area contributed by atoms with Crippen molar-refractivity contribution in [1.29, 1.82) is 5.26 Å². The average Bonchev–Trinajstić information content (AvgIpc) is 3.03. The Balaban J connectivity index is 1.27. The molecule has 1 aliphatic rings. The molecular weight excluding hydrogens is 494 g/mol. The van der Waals surface area contributed by atoms with Crippen LogP contribution in [-0.2, 0) is 19.3 Å². The van der Waals surface area contributed by atoms with Crippen molar-refractivity contribution in [3.63, 3.8) is 0 Å². The molecule has 0 bridgehead atoms. The minimum atomic E-state index is 0.388. The molecule has 4 aromatic rings. The van der Waals surface area contributed by atoms with E-state index in [-0.39, 0.29) is 0 Å². The summed E-state index contributed by atoms with van der Waals surface area (Å²) in [6.07, 6.45) is 14.6. The molecule has 0 spiro atoms. The zero-order valence-electron chi connectivity index (χ0n) is 23.9. The number of hydrogen-bond acceptors (Lipinski definition) is 1. The Kier molecular flexibility index (Phi) is 9.52. The monoisotopic (exact) mass is 533 g/mol. The summed E-state index contributed by atoms with van der Waals surface area (Å²) in [7, 11) is 0. The topological polar surface area (TPSA) is 23.8 Å². The first-order valence-electron chi connectivity index (χ1n) is 15.0. The van der Waals surface area contributed by atoms with E-state index in [1.54, 1.807) is 0 Å². The third-order valence-corrected chi connectivity index (χ3v) is 8.86. The Morgan fingerprint density at radius 2 is 1.32 bits per heavy atom. The SMILES string of the molecule is C#Cc1ccc(CC2CCC(C(C(=C)CCc3ccccc3)c3ccc(Cc4ccc(C#N)cc4)cc3)CC2)cc1. The Hall–Kier alpha value is -4.33. The fourth-order valence-corrected chi connectivity index (χ4v) is 6.52. The normalized spacial score (nSPS) is 17.2. The first-order valence-corrected chi connectivity index (χ1v) is 15.0. The molecule has 1 fully saturated rings. The standard InChI is InChI=1S/C40H39N/c1-3-31-11-13-33(14-12-31)27-35-19-23-38(24-20-35)40(30(2)9-10-32-7-5-4-6-8-32)39-25-21-36(22-26-39)28-34-15-17-37(29-41)18-16-34/h1,4-8,11-18,21-22,25-26,35,38,40H,2,9-10,19-20,23-24,27-28H2. The van der Waals surface area contributed by atoms with E-state index in [4.69, 9.17) is 11.7 Å². The fraction of sp³-hybridized carbons (Fsp3) is 0.275. The van der Waals surface area contributed by atoms with Crippen LogP contribution < -0.4 is 0 Å². The van der Waals surface area contributed by atoms with Gasteiger partial charge >= 0.3 is 0 Å². The van der Waals surface area contributed by atoms with Gasteiger partial charge in [0.15, 0.2) is 0 Å². The van der Waals surface area contributed by atoms with Gasteiger partial charge in [-0.15, -0.1) is 6.42 Å². The van der Waals surface area contributed by atoms with Gasteiger partial charge in [-0.05, 0) is 115 Å². The van der Waals surface area contributed by atoms with E-state index < -0.39 is 0 Å². The molecule has 0 aliphatic heterocycles. The number of allylic oxidation sites excluding steroid dienone is 1. The number of terminal acetylenes is 1. The number of nitrogens with zero attached hydrogens (tertiary/aromatic N) is 1. The molecule has 204 valence electrons. The molecule has 1 unspecified atom stereocenters. The van der Waals surface area contributed by atoms with Crippen LogP contribution >= 0.6 is 0 Å². The quantitative estimate of drug-likeness (QED) is 0.147. The minimum Gasteiger partial charge on any atom is -0.192 e. The zero-order valence-corrected chi connectivity index (χ0v) is 23.9. The van der Waals surface area contributed by atoms with E-state index in [2.05, 4.69) is 110 Å². The van der Waals surface area contributed by atoms with Gasteiger partial charge in [-0.1, -0.05) is 96.9 Å². The van der Waals surface area contributed by atoms with Gasteiger partial charge in [-0.3, -0.25) is 0 Å². The third-order valence-electron chi connectivity index (χ3n) is 8.86. The largest absolute Gasteiger partial charge is 0.192 e. The number of benzene rings is 4. The molecule has 0 aromatic heterocycles. The van der Waals surface area contributed by atoms with Crippen molar-refractivity contribution < 1.29 is 0 Å². The van der Waals surface area contributed by atoms with Crippen LogP contribution in [0.15, 0.2) is 115 Å². The maximum absolute atomic E-state index is 9.09. The van der Waals surface area contributed by atoms with E-state index in [0.717, 1.165) is 37.2 Å². The van der Waals surface area contributed by atoms with Crippen molar-refractivity contribution in [3.05, 3.63) is 154 Å². The minimum absolute atomic E-state index is 0.388. The zero-order chi connectivity index (χ0) is 28.4. The molecule has 1 atom stereocenters. The molecule has 0 radical (unpaired) electrons. The van der Waals surface area contributed by atoms with Crippen LogP contribution in [0.2, 0.25) is 0 Å². The summed E-state index contributed by atoms with van der Waals surface area (Å²) in [5.41, 5.74) is 9.73. The second-order valence-electron chi connectivity index (χ2n) is 11.7. The van der Waals surface area contributed by atoms with Crippen LogP contribution in [0.3, 0.4) is 0 Å². The Morgan fingerprint density at radius 3 is 1.93 bits per heavy atom. The number of nitriles is 1. The van der Waals surface area contributed by atoms with Crippen molar-refractivity contribution in [1.82, 2.24) is 0 Å². The van der Waals surface area contributed by atoms with Gasteiger partial charge in [-0.2, -0.15) is 5.26 Å². The summed E-state index contributed by atoms with van der Waals surface area (Å²) in [4.78, 5) is 0. The molecule has 1 saturated carbocycles. The fourth-order valence-electron chi connectivity index (χ4n) is 6.52. The second-order valence-corrected chi connectivity index (χ2v) is 11.7. The molecule has 1 aliphatic carbocycles. The summed E-state index contributed by atoms with van der Waals surface area (Å²) in [5, 5.41) is 9.09. The lowest BCUT2D eigenvalue weighted by atomic mass is 9.69. The van der Waals surface area contributed by atoms with E-state index >= 15 is 0 Å². The summed E-state index contributed by atoms with van der Waals surface area (Å²) in [5.74, 6) is 4.47. The maximum atomic E-state index is 9.09. The molecule has 0 saturated heterocycles.